The first kappa shape index (κ1) is 11.3. The number of carbonyl (C=O) groups is 1. The zero-order valence-corrected chi connectivity index (χ0v) is 7.92. The molecule has 4 nitrogen and oxygen atoms in total. The molecule has 0 aliphatic heterocycles. The van der Waals surface area contributed by atoms with Gasteiger partial charge in [0, 0.05) is 5.56 Å². The van der Waals surface area contributed by atoms with Crippen LogP contribution in [0.4, 0.5) is 14.5 Å². The monoisotopic (exact) mass is 231 g/mol. The van der Waals surface area contributed by atoms with Crippen LogP contribution in [0.25, 0.3) is 0 Å². The van der Waals surface area contributed by atoms with Gasteiger partial charge >= 0.3 is 0 Å². The summed E-state index contributed by atoms with van der Waals surface area (Å²) in [5.74, 6) is 0. The molecule has 0 fully saturated rings. The van der Waals surface area contributed by atoms with Gasteiger partial charge in [0.1, 0.15) is 17.5 Å². The summed E-state index contributed by atoms with van der Waals surface area (Å²) in [7, 11) is 0. The van der Waals surface area contributed by atoms with Crippen molar-refractivity contribution in [2.45, 2.75) is 6.43 Å². The molecule has 0 amide bonds. The largest absolute Gasteiger partial charge is 0.396 e. The molecule has 1 rings (SSSR count). The highest BCUT2D eigenvalue weighted by molar-refractivity contribution is 6.68. The molecule has 2 N–H and O–H groups in total. The summed E-state index contributed by atoms with van der Waals surface area (Å²) in [6, 6.07) is 2.36. The van der Waals surface area contributed by atoms with Crippen molar-refractivity contribution in [2.75, 3.05) is 5.73 Å². The molecule has 0 saturated heterocycles. The smallest absolute Gasteiger partial charge is 0.273 e. The first-order valence-corrected chi connectivity index (χ1v) is 4.03. The highest BCUT2D eigenvalue weighted by Gasteiger charge is 2.20. The fraction of sp³-hybridized carbons (Fsp3) is 0.125. The number of pyridine rings is 1. The summed E-state index contributed by atoms with van der Waals surface area (Å²) in [6.07, 6.45) is -2.89. The van der Waals surface area contributed by atoms with Crippen molar-refractivity contribution in [3.05, 3.63) is 23.0 Å². The van der Waals surface area contributed by atoms with Crippen molar-refractivity contribution in [3.8, 4) is 6.07 Å². The predicted molar refractivity (Wildman–Crippen MR) is 48.5 cm³/mol. The van der Waals surface area contributed by atoms with E-state index in [0.29, 0.717) is 0 Å². The van der Waals surface area contributed by atoms with Crippen LogP contribution in [0, 0.1) is 11.3 Å². The van der Waals surface area contributed by atoms with Crippen LogP contribution in [-0.2, 0) is 0 Å². The van der Waals surface area contributed by atoms with Gasteiger partial charge in [-0.3, -0.25) is 4.79 Å². The molecule has 0 radical (unpaired) electrons. The second-order valence-corrected chi connectivity index (χ2v) is 2.89. The number of carbonyl (C=O) groups excluding carboxylic acids is 1. The standard InChI is InChI=1S/C8H4ClF2N3O/c9-7(15)6-5(13)4(8(10)11)1-3(2-12)14-6/h1,8H,13H2. The Morgan fingerprint density at radius 3 is 2.67 bits per heavy atom. The van der Waals surface area contributed by atoms with Gasteiger partial charge in [-0.2, -0.15) is 5.26 Å². The van der Waals surface area contributed by atoms with Crippen LogP contribution in [0.5, 0.6) is 0 Å². The summed E-state index contributed by atoms with van der Waals surface area (Å²) in [6.45, 7) is 0. The Hall–Kier alpha value is -1.74. The summed E-state index contributed by atoms with van der Waals surface area (Å²) < 4.78 is 24.8. The predicted octanol–water partition coefficient (Wildman–Crippen LogP) is 1.85. The molecule has 0 spiro atoms. The van der Waals surface area contributed by atoms with E-state index in [1.54, 1.807) is 0 Å². The zero-order chi connectivity index (χ0) is 11.6. The summed E-state index contributed by atoms with van der Waals surface area (Å²) in [5.41, 5.74) is 3.28. The van der Waals surface area contributed by atoms with Gasteiger partial charge in [0.15, 0.2) is 0 Å². The lowest BCUT2D eigenvalue weighted by atomic mass is 10.1. The third kappa shape index (κ3) is 2.19. The second-order valence-electron chi connectivity index (χ2n) is 2.55. The van der Waals surface area contributed by atoms with Crippen LogP contribution in [0.2, 0.25) is 0 Å². The molecule has 1 aromatic rings. The van der Waals surface area contributed by atoms with Crippen molar-refractivity contribution in [1.29, 1.82) is 5.26 Å². The molecular weight excluding hydrogens is 228 g/mol. The third-order valence-corrected chi connectivity index (χ3v) is 1.81. The molecule has 0 saturated carbocycles. The number of nitrogen functional groups attached to an aromatic ring is 1. The summed E-state index contributed by atoms with van der Waals surface area (Å²) >= 11 is 5.08. The average Bonchev–Trinajstić information content (AvgIpc) is 2.17. The minimum atomic E-state index is -2.89. The molecule has 0 unspecified atom stereocenters. The van der Waals surface area contributed by atoms with Crippen LogP contribution >= 0.6 is 11.6 Å². The van der Waals surface area contributed by atoms with E-state index in [1.165, 1.54) is 6.07 Å². The van der Waals surface area contributed by atoms with Crippen LogP contribution in [0.1, 0.15) is 28.2 Å². The van der Waals surface area contributed by atoms with Gasteiger partial charge < -0.3 is 5.73 Å². The Bertz CT molecular complexity index is 456. The molecule has 0 atom stereocenters. The SMILES string of the molecule is N#Cc1cc(C(F)F)c(N)c(C(=O)Cl)n1. The number of hydrogen-bond donors (Lipinski definition) is 1. The minimum absolute atomic E-state index is 0.330. The summed E-state index contributed by atoms with van der Waals surface area (Å²) in [4.78, 5) is 14.2. The van der Waals surface area contributed by atoms with Crippen LogP contribution in [0.15, 0.2) is 6.07 Å². The Morgan fingerprint density at radius 1 is 1.67 bits per heavy atom. The van der Waals surface area contributed by atoms with E-state index in [0.717, 1.165) is 6.07 Å². The first-order valence-electron chi connectivity index (χ1n) is 3.66. The fourth-order valence-corrected chi connectivity index (χ4v) is 1.11. The molecule has 78 valence electrons. The first-order chi connectivity index (χ1) is 6.97. The topological polar surface area (TPSA) is 79.8 Å². The molecule has 0 bridgehead atoms. The molecule has 0 aliphatic carbocycles. The normalized spacial score (nSPS) is 10.1. The number of aromatic nitrogens is 1. The average molecular weight is 232 g/mol. The van der Waals surface area contributed by atoms with Crippen LogP contribution < -0.4 is 5.73 Å². The number of halogens is 3. The van der Waals surface area contributed by atoms with Crippen molar-refractivity contribution in [3.63, 3.8) is 0 Å². The minimum Gasteiger partial charge on any atom is -0.396 e. The van der Waals surface area contributed by atoms with Gasteiger partial charge in [-0.25, -0.2) is 13.8 Å². The number of nitrogens with two attached hydrogens (primary N) is 1. The maximum atomic E-state index is 12.4. The molecule has 0 aliphatic rings. The number of nitriles is 1. The molecule has 1 aromatic heterocycles. The Morgan fingerprint density at radius 2 is 2.27 bits per heavy atom. The Balaban J connectivity index is 3.49. The van der Waals surface area contributed by atoms with E-state index >= 15 is 0 Å². The quantitative estimate of drug-likeness (QED) is 0.788. The van der Waals surface area contributed by atoms with Crippen molar-refractivity contribution >= 4 is 22.5 Å². The van der Waals surface area contributed by atoms with E-state index in [1.807, 2.05) is 0 Å². The maximum absolute atomic E-state index is 12.4. The Labute approximate surface area is 88.3 Å². The molecular formula is C8H4ClF2N3O. The zero-order valence-electron chi connectivity index (χ0n) is 7.17. The lowest BCUT2D eigenvalue weighted by Gasteiger charge is -2.07. The summed E-state index contributed by atoms with van der Waals surface area (Å²) in [5, 5.41) is 7.41. The maximum Gasteiger partial charge on any atom is 0.273 e. The highest BCUT2D eigenvalue weighted by Crippen LogP contribution is 2.28. The molecule has 1 heterocycles. The third-order valence-electron chi connectivity index (χ3n) is 1.63. The van der Waals surface area contributed by atoms with Gasteiger partial charge in [0.05, 0.1) is 5.69 Å². The van der Waals surface area contributed by atoms with Gasteiger partial charge in [-0.15, -0.1) is 0 Å². The fourth-order valence-electron chi connectivity index (χ4n) is 0.962. The number of anilines is 1. The van der Waals surface area contributed by atoms with E-state index in [2.05, 4.69) is 4.98 Å². The second kappa shape index (κ2) is 4.19. The number of nitrogens with zero attached hydrogens (tertiary/aromatic N) is 2. The van der Waals surface area contributed by atoms with Crippen molar-refractivity contribution in [1.82, 2.24) is 4.98 Å². The Kier molecular flexibility index (Phi) is 3.17. The lowest BCUT2D eigenvalue weighted by Crippen LogP contribution is -2.07. The van der Waals surface area contributed by atoms with E-state index in [4.69, 9.17) is 22.6 Å². The van der Waals surface area contributed by atoms with E-state index < -0.39 is 28.6 Å². The van der Waals surface area contributed by atoms with E-state index in [-0.39, 0.29) is 5.69 Å². The molecule has 7 heteroatoms. The van der Waals surface area contributed by atoms with Gasteiger partial charge in [0.2, 0.25) is 0 Å². The van der Waals surface area contributed by atoms with Crippen LogP contribution in [-0.4, -0.2) is 10.2 Å². The van der Waals surface area contributed by atoms with Crippen molar-refractivity contribution < 1.29 is 13.6 Å². The van der Waals surface area contributed by atoms with Gasteiger partial charge in [-0.1, -0.05) is 0 Å². The van der Waals surface area contributed by atoms with Gasteiger partial charge in [-0.05, 0) is 17.7 Å². The molecule has 0 aromatic carbocycles. The van der Waals surface area contributed by atoms with Gasteiger partial charge in [0.25, 0.3) is 11.7 Å². The number of rotatable bonds is 2. The number of alkyl halides is 2. The molecule has 15 heavy (non-hydrogen) atoms. The highest BCUT2D eigenvalue weighted by atomic mass is 35.5. The van der Waals surface area contributed by atoms with Crippen molar-refractivity contribution in [2.24, 2.45) is 0 Å². The number of hydrogen-bond acceptors (Lipinski definition) is 4. The van der Waals surface area contributed by atoms with E-state index in [9.17, 15) is 13.6 Å². The lowest BCUT2D eigenvalue weighted by molar-refractivity contribution is 0.107. The van der Waals surface area contributed by atoms with Crippen LogP contribution in [0.3, 0.4) is 0 Å².